The number of hydrogen-bond acceptors (Lipinski definition) is 7. The molecular formula is C22H19Cl2N5O4. The first-order valence-corrected chi connectivity index (χ1v) is 10.6. The van der Waals surface area contributed by atoms with Gasteiger partial charge in [0.15, 0.2) is 18.1 Å². The molecule has 0 unspecified atom stereocenters. The Labute approximate surface area is 199 Å². The summed E-state index contributed by atoms with van der Waals surface area (Å²) in [6, 6.07) is 15.8. The number of aromatic nitrogens is 4. The number of hydrogen-bond donors (Lipinski definition) is 1. The Bertz CT molecular complexity index is 1260. The summed E-state index contributed by atoms with van der Waals surface area (Å²) < 4.78 is 17.8. The second kappa shape index (κ2) is 10.4. The number of methoxy groups -OCH3 is 1. The molecule has 170 valence electrons. The molecule has 0 radical (unpaired) electrons. The van der Waals surface area contributed by atoms with E-state index >= 15 is 0 Å². The smallest absolute Gasteiger partial charge is 0.258 e. The number of fused-ring (bicyclic) bond motifs is 1. The van der Waals surface area contributed by atoms with Crippen LogP contribution in [-0.4, -0.2) is 52.6 Å². The van der Waals surface area contributed by atoms with Crippen LogP contribution in [0.2, 0.25) is 10.0 Å². The zero-order valence-electron chi connectivity index (χ0n) is 17.5. The number of nitrogens with one attached hydrogen (secondary N) is 1. The molecule has 2 aromatic carbocycles. The minimum atomic E-state index is -0.321. The molecule has 2 aromatic heterocycles. The van der Waals surface area contributed by atoms with E-state index < -0.39 is 0 Å². The van der Waals surface area contributed by atoms with E-state index in [9.17, 15) is 4.79 Å². The molecule has 1 amide bonds. The molecule has 1 N–H and O–H groups in total. The molecule has 33 heavy (non-hydrogen) atoms. The van der Waals surface area contributed by atoms with Gasteiger partial charge in [-0.3, -0.25) is 4.79 Å². The van der Waals surface area contributed by atoms with Crippen LogP contribution in [-0.2, 0) is 4.79 Å². The van der Waals surface area contributed by atoms with Gasteiger partial charge in [-0.2, -0.15) is 4.52 Å². The van der Waals surface area contributed by atoms with Gasteiger partial charge in [0.05, 0.1) is 18.7 Å². The Morgan fingerprint density at radius 1 is 1.03 bits per heavy atom. The minimum Gasteiger partial charge on any atom is -0.497 e. The van der Waals surface area contributed by atoms with Gasteiger partial charge in [0.2, 0.25) is 5.88 Å². The number of amides is 1. The van der Waals surface area contributed by atoms with Crippen LogP contribution in [0.15, 0.2) is 54.6 Å². The third-order valence-corrected chi connectivity index (χ3v) is 5.34. The van der Waals surface area contributed by atoms with Crippen molar-refractivity contribution in [3.63, 3.8) is 0 Å². The van der Waals surface area contributed by atoms with E-state index in [-0.39, 0.29) is 30.7 Å². The molecule has 2 heterocycles. The number of carbonyl (C=O) groups is 1. The van der Waals surface area contributed by atoms with Crippen LogP contribution >= 0.6 is 23.2 Å². The lowest BCUT2D eigenvalue weighted by Crippen LogP contribution is -2.32. The summed E-state index contributed by atoms with van der Waals surface area (Å²) in [4.78, 5) is 12.0. The van der Waals surface area contributed by atoms with Crippen molar-refractivity contribution in [3.8, 4) is 28.8 Å². The molecule has 0 aliphatic rings. The average Bonchev–Trinajstić information content (AvgIpc) is 3.26. The Kier molecular flexibility index (Phi) is 7.11. The maximum Gasteiger partial charge on any atom is 0.258 e. The third-order valence-electron chi connectivity index (χ3n) is 4.54. The zero-order chi connectivity index (χ0) is 23.2. The van der Waals surface area contributed by atoms with Crippen molar-refractivity contribution in [3.05, 3.63) is 64.6 Å². The summed E-state index contributed by atoms with van der Waals surface area (Å²) in [5, 5.41) is 16.1. The molecule has 4 aromatic rings. The van der Waals surface area contributed by atoms with E-state index in [2.05, 4.69) is 20.6 Å². The van der Waals surface area contributed by atoms with Crippen LogP contribution in [0.1, 0.15) is 0 Å². The Balaban J connectivity index is 1.30. The fourth-order valence-corrected chi connectivity index (χ4v) is 3.25. The predicted molar refractivity (Wildman–Crippen MR) is 123 cm³/mol. The van der Waals surface area contributed by atoms with Crippen LogP contribution < -0.4 is 19.5 Å². The lowest BCUT2D eigenvalue weighted by atomic mass is 10.2. The molecule has 0 aliphatic heterocycles. The number of carbonyl (C=O) groups excluding carboxylic acids is 1. The molecule has 0 aliphatic carbocycles. The first-order valence-electron chi connectivity index (χ1n) is 9.88. The second-order valence-corrected chi connectivity index (χ2v) is 7.52. The zero-order valence-corrected chi connectivity index (χ0v) is 19.0. The number of nitrogens with zero attached hydrogens (tertiary/aromatic N) is 4. The van der Waals surface area contributed by atoms with E-state index in [1.165, 1.54) is 0 Å². The monoisotopic (exact) mass is 487 g/mol. The Hall–Kier alpha value is -3.56. The van der Waals surface area contributed by atoms with Crippen LogP contribution in [0.3, 0.4) is 0 Å². The molecule has 0 saturated heterocycles. The topological polar surface area (TPSA) is 99.9 Å². The Morgan fingerprint density at radius 2 is 1.85 bits per heavy atom. The van der Waals surface area contributed by atoms with Crippen LogP contribution in [0.5, 0.6) is 17.4 Å². The maximum absolute atomic E-state index is 12.0. The SMILES string of the molecule is COc1ccc(-c2nnc3ccc(OCCNC(=O)COc4cccc(Cl)c4Cl)nn23)cc1. The van der Waals surface area contributed by atoms with E-state index in [0.717, 1.165) is 11.3 Å². The first kappa shape index (κ1) is 22.6. The van der Waals surface area contributed by atoms with Crippen LogP contribution in [0, 0.1) is 0 Å². The van der Waals surface area contributed by atoms with Crippen molar-refractivity contribution in [1.29, 1.82) is 0 Å². The lowest BCUT2D eigenvalue weighted by Gasteiger charge is -2.10. The van der Waals surface area contributed by atoms with Gasteiger partial charge in [0.1, 0.15) is 23.1 Å². The van der Waals surface area contributed by atoms with Gasteiger partial charge in [-0.15, -0.1) is 15.3 Å². The summed E-state index contributed by atoms with van der Waals surface area (Å²) >= 11 is 12.0. The number of ether oxygens (including phenoxy) is 3. The Morgan fingerprint density at radius 3 is 2.64 bits per heavy atom. The van der Waals surface area contributed by atoms with Gasteiger partial charge in [0.25, 0.3) is 5.91 Å². The summed E-state index contributed by atoms with van der Waals surface area (Å²) in [5.74, 6) is 1.71. The maximum atomic E-state index is 12.0. The number of rotatable bonds is 9. The molecule has 0 saturated carbocycles. The quantitative estimate of drug-likeness (QED) is 0.359. The first-order chi connectivity index (χ1) is 16.0. The summed E-state index contributed by atoms with van der Waals surface area (Å²) in [7, 11) is 1.61. The van der Waals surface area contributed by atoms with Gasteiger partial charge in [-0.1, -0.05) is 29.3 Å². The standard InChI is InChI=1S/C22H19Cl2N5O4/c1-31-15-7-5-14(6-8-15)22-27-26-18-9-10-20(28-29(18)22)32-12-11-25-19(30)13-33-17-4-2-3-16(23)21(17)24/h2-10H,11-13H2,1H3,(H,25,30). The van der Waals surface area contributed by atoms with Crippen LogP contribution in [0.4, 0.5) is 0 Å². The molecule has 0 spiro atoms. The summed E-state index contributed by atoms with van der Waals surface area (Å²) in [5.41, 5.74) is 1.42. The molecule has 9 nitrogen and oxygen atoms in total. The molecule has 4 rings (SSSR count). The molecule has 0 atom stereocenters. The van der Waals surface area contributed by atoms with Gasteiger partial charge in [-0.05, 0) is 42.5 Å². The highest BCUT2D eigenvalue weighted by Gasteiger charge is 2.11. The molecule has 0 fully saturated rings. The second-order valence-electron chi connectivity index (χ2n) is 6.73. The fraction of sp³-hybridized carbons (Fsp3) is 0.182. The normalized spacial score (nSPS) is 10.8. The predicted octanol–water partition coefficient (Wildman–Crippen LogP) is 3.68. The van der Waals surface area contributed by atoms with E-state index in [4.69, 9.17) is 37.4 Å². The highest BCUT2D eigenvalue weighted by atomic mass is 35.5. The van der Waals surface area contributed by atoms with Crippen LogP contribution in [0.25, 0.3) is 17.0 Å². The minimum absolute atomic E-state index is 0.198. The van der Waals surface area contributed by atoms with Crippen molar-refractivity contribution in [2.24, 2.45) is 0 Å². The number of halogens is 2. The number of benzene rings is 2. The van der Waals surface area contributed by atoms with E-state index in [1.54, 1.807) is 42.0 Å². The van der Waals surface area contributed by atoms with Crippen molar-refractivity contribution < 1.29 is 19.0 Å². The van der Waals surface area contributed by atoms with Gasteiger partial charge < -0.3 is 19.5 Å². The van der Waals surface area contributed by atoms with Gasteiger partial charge in [0, 0.05) is 11.6 Å². The highest BCUT2D eigenvalue weighted by Crippen LogP contribution is 2.31. The van der Waals surface area contributed by atoms with Crippen molar-refractivity contribution in [1.82, 2.24) is 25.1 Å². The van der Waals surface area contributed by atoms with Crippen molar-refractivity contribution in [2.75, 3.05) is 26.9 Å². The third kappa shape index (κ3) is 5.44. The van der Waals surface area contributed by atoms with Gasteiger partial charge in [-0.25, -0.2) is 0 Å². The highest BCUT2D eigenvalue weighted by molar-refractivity contribution is 6.42. The molecule has 11 heteroatoms. The summed E-state index contributed by atoms with van der Waals surface area (Å²) in [6.45, 7) is 0.275. The van der Waals surface area contributed by atoms with E-state index in [1.807, 2.05) is 24.3 Å². The van der Waals surface area contributed by atoms with Crippen molar-refractivity contribution in [2.45, 2.75) is 0 Å². The average molecular weight is 488 g/mol. The largest absolute Gasteiger partial charge is 0.497 e. The fourth-order valence-electron chi connectivity index (χ4n) is 2.91. The van der Waals surface area contributed by atoms with E-state index in [0.29, 0.717) is 28.1 Å². The lowest BCUT2D eigenvalue weighted by molar-refractivity contribution is -0.123. The molecular weight excluding hydrogens is 469 g/mol. The van der Waals surface area contributed by atoms with Gasteiger partial charge >= 0.3 is 0 Å². The summed E-state index contributed by atoms with van der Waals surface area (Å²) in [6.07, 6.45) is 0. The molecule has 0 bridgehead atoms. The van der Waals surface area contributed by atoms with Crippen molar-refractivity contribution >= 4 is 34.8 Å².